The van der Waals surface area contributed by atoms with E-state index in [4.69, 9.17) is 0 Å². The Morgan fingerprint density at radius 3 is 2.47 bits per heavy atom. The summed E-state index contributed by atoms with van der Waals surface area (Å²) in [6.45, 7) is 1.92. The summed E-state index contributed by atoms with van der Waals surface area (Å²) in [6.07, 6.45) is -2.71. The molecule has 2 aromatic rings. The van der Waals surface area contributed by atoms with Crippen molar-refractivity contribution in [3.05, 3.63) is 52.1 Å². The molecule has 3 nitrogen and oxygen atoms in total. The predicted molar refractivity (Wildman–Crippen MR) is 60.0 cm³/mol. The molecule has 0 bridgehead atoms. The van der Waals surface area contributed by atoms with Crippen LogP contribution in [0.3, 0.4) is 0 Å². The van der Waals surface area contributed by atoms with Crippen molar-refractivity contribution in [3.63, 3.8) is 0 Å². The van der Waals surface area contributed by atoms with Crippen molar-refractivity contribution in [1.82, 2.24) is 9.97 Å². The van der Waals surface area contributed by atoms with E-state index in [9.17, 15) is 13.6 Å². The highest BCUT2D eigenvalue weighted by molar-refractivity contribution is 5.59. The molecular weight excluding hydrogens is 226 g/mol. The van der Waals surface area contributed by atoms with Crippen molar-refractivity contribution < 1.29 is 8.78 Å². The molecule has 0 atom stereocenters. The van der Waals surface area contributed by atoms with E-state index in [-0.39, 0.29) is 5.69 Å². The lowest BCUT2D eigenvalue weighted by Crippen LogP contribution is -2.13. The molecule has 0 radical (unpaired) electrons. The Kier molecular flexibility index (Phi) is 2.99. The van der Waals surface area contributed by atoms with Crippen LogP contribution in [-0.4, -0.2) is 9.97 Å². The maximum atomic E-state index is 12.5. The third-order valence-electron chi connectivity index (χ3n) is 2.35. The van der Waals surface area contributed by atoms with Gasteiger partial charge in [0.25, 0.3) is 6.43 Å². The quantitative estimate of drug-likeness (QED) is 0.871. The first-order chi connectivity index (χ1) is 8.06. The molecule has 0 amide bonds. The SMILES string of the molecule is Cc1ccc(-c2cc(C(F)F)[nH]c(=O)n2)cc1. The highest BCUT2D eigenvalue weighted by atomic mass is 19.3. The van der Waals surface area contributed by atoms with Gasteiger partial charge in [-0.1, -0.05) is 29.8 Å². The second-order valence-electron chi connectivity index (χ2n) is 3.69. The Balaban J connectivity index is 2.52. The lowest BCUT2D eigenvalue weighted by Gasteiger charge is -2.04. The van der Waals surface area contributed by atoms with Crippen LogP contribution in [0.25, 0.3) is 11.3 Å². The Labute approximate surface area is 96.2 Å². The van der Waals surface area contributed by atoms with Gasteiger partial charge in [0.05, 0.1) is 11.4 Å². The lowest BCUT2D eigenvalue weighted by atomic mass is 10.1. The number of H-pyrrole nitrogens is 1. The molecule has 88 valence electrons. The van der Waals surface area contributed by atoms with Crippen LogP contribution in [0.5, 0.6) is 0 Å². The minimum Gasteiger partial charge on any atom is -0.304 e. The summed E-state index contributed by atoms with van der Waals surface area (Å²) in [7, 11) is 0. The monoisotopic (exact) mass is 236 g/mol. The second-order valence-corrected chi connectivity index (χ2v) is 3.69. The third-order valence-corrected chi connectivity index (χ3v) is 2.35. The molecule has 0 aliphatic carbocycles. The molecule has 0 unspecified atom stereocenters. The summed E-state index contributed by atoms with van der Waals surface area (Å²) in [5.41, 5.74) is 0.763. The number of nitrogens with one attached hydrogen (secondary N) is 1. The van der Waals surface area contributed by atoms with Gasteiger partial charge in [0.2, 0.25) is 0 Å². The van der Waals surface area contributed by atoms with Crippen molar-refractivity contribution in [2.24, 2.45) is 0 Å². The van der Waals surface area contributed by atoms with E-state index in [1.54, 1.807) is 12.1 Å². The minimum atomic E-state index is -2.71. The molecule has 0 fully saturated rings. The maximum Gasteiger partial charge on any atom is 0.345 e. The van der Waals surface area contributed by atoms with Crippen molar-refractivity contribution in [3.8, 4) is 11.3 Å². The molecule has 17 heavy (non-hydrogen) atoms. The molecule has 1 N–H and O–H groups in total. The largest absolute Gasteiger partial charge is 0.345 e. The number of hydrogen-bond donors (Lipinski definition) is 1. The van der Waals surface area contributed by atoms with Gasteiger partial charge in [-0.05, 0) is 13.0 Å². The van der Waals surface area contributed by atoms with Crippen LogP contribution in [0.15, 0.2) is 35.1 Å². The Morgan fingerprint density at radius 2 is 1.88 bits per heavy atom. The van der Waals surface area contributed by atoms with E-state index in [0.717, 1.165) is 5.56 Å². The molecular formula is C12H10F2N2O. The van der Waals surface area contributed by atoms with Gasteiger partial charge in [0, 0.05) is 5.56 Å². The van der Waals surface area contributed by atoms with Gasteiger partial charge in [-0.2, -0.15) is 4.98 Å². The molecule has 5 heteroatoms. The topological polar surface area (TPSA) is 45.8 Å². The number of aryl methyl sites for hydroxylation is 1. The van der Waals surface area contributed by atoms with Gasteiger partial charge < -0.3 is 4.98 Å². The molecule has 1 aromatic heterocycles. The molecule has 0 saturated carbocycles. The molecule has 0 aliphatic heterocycles. The summed E-state index contributed by atoms with van der Waals surface area (Å²) >= 11 is 0. The number of rotatable bonds is 2. The van der Waals surface area contributed by atoms with Crippen molar-refractivity contribution in [1.29, 1.82) is 0 Å². The number of alkyl halides is 2. The van der Waals surface area contributed by atoms with E-state index in [1.807, 2.05) is 24.0 Å². The highest BCUT2D eigenvalue weighted by Crippen LogP contribution is 2.21. The summed E-state index contributed by atoms with van der Waals surface area (Å²) in [5, 5.41) is 0. The fourth-order valence-corrected chi connectivity index (χ4v) is 1.47. The standard InChI is InChI=1S/C12H10F2N2O/c1-7-2-4-8(5-3-7)9-6-10(11(13)14)16-12(17)15-9/h2-6,11H,1H3,(H,15,16,17). The summed E-state index contributed by atoms with van der Waals surface area (Å²) in [5.74, 6) is 0. The van der Waals surface area contributed by atoms with Crippen LogP contribution in [-0.2, 0) is 0 Å². The van der Waals surface area contributed by atoms with Gasteiger partial charge in [-0.15, -0.1) is 0 Å². The Morgan fingerprint density at radius 1 is 1.24 bits per heavy atom. The minimum absolute atomic E-state index is 0.254. The zero-order chi connectivity index (χ0) is 12.4. The smallest absolute Gasteiger partial charge is 0.304 e. The zero-order valence-corrected chi connectivity index (χ0v) is 9.08. The molecule has 0 saturated heterocycles. The fourth-order valence-electron chi connectivity index (χ4n) is 1.47. The first-order valence-electron chi connectivity index (χ1n) is 5.03. The zero-order valence-electron chi connectivity index (χ0n) is 9.08. The highest BCUT2D eigenvalue weighted by Gasteiger charge is 2.11. The lowest BCUT2D eigenvalue weighted by molar-refractivity contribution is 0.145. The average molecular weight is 236 g/mol. The number of benzene rings is 1. The van der Waals surface area contributed by atoms with Crippen LogP contribution in [0.4, 0.5) is 8.78 Å². The van der Waals surface area contributed by atoms with Gasteiger partial charge in [-0.3, -0.25) is 0 Å². The van der Waals surface area contributed by atoms with E-state index in [1.165, 1.54) is 6.07 Å². The maximum absolute atomic E-state index is 12.5. The van der Waals surface area contributed by atoms with Gasteiger partial charge in [-0.25, -0.2) is 13.6 Å². The number of hydrogen-bond acceptors (Lipinski definition) is 2. The summed E-state index contributed by atoms with van der Waals surface area (Å²) < 4.78 is 25.0. The molecule has 1 heterocycles. The van der Waals surface area contributed by atoms with Crippen molar-refractivity contribution >= 4 is 0 Å². The first kappa shape index (κ1) is 11.4. The van der Waals surface area contributed by atoms with Crippen LogP contribution in [0.2, 0.25) is 0 Å². The van der Waals surface area contributed by atoms with E-state index >= 15 is 0 Å². The average Bonchev–Trinajstić information content (AvgIpc) is 2.29. The number of halogens is 2. The molecule has 0 spiro atoms. The third kappa shape index (κ3) is 2.55. The van der Waals surface area contributed by atoms with Crippen molar-refractivity contribution in [2.45, 2.75) is 13.3 Å². The normalized spacial score (nSPS) is 10.8. The summed E-state index contributed by atoms with van der Waals surface area (Å²) in [4.78, 5) is 16.8. The molecule has 1 aromatic carbocycles. The first-order valence-corrected chi connectivity index (χ1v) is 5.03. The number of aromatic amines is 1. The Bertz CT molecular complexity index is 576. The number of nitrogens with zero attached hydrogens (tertiary/aromatic N) is 1. The second kappa shape index (κ2) is 4.45. The molecule has 2 rings (SSSR count). The van der Waals surface area contributed by atoms with Gasteiger partial charge >= 0.3 is 5.69 Å². The van der Waals surface area contributed by atoms with E-state index < -0.39 is 17.8 Å². The van der Waals surface area contributed by atoms with E-state index in [0.29, 0.717) is 5.56 Å². The summed E-state index contributed by atoms with van der Waals surface area (Å²) in [6, 6.07) is 8.34. The van der Waals surface area contributed by atoms with Crippen LogP contribution in [0, 0.1) is 6.92 Å². The molecule has 0 aliphatic rings. The van der Waals surface area contributed by atoms with Crippen LogP contribution in [0.1, 0.15) is 17.7 Å². The van der Waals surface area contributed by atoms with E-state index in [2.05, 4.69) is 4.98 Å². The van der Waals surface area contributed by atoms with Gasteiger partial charge in [0.1, 0.15) is 0 Å². The predicted octanol–water partition coefficient (Wildman–Crippen LogP) is 2.68. The fraction of sp³-hybridized carbons (Fsp3) is 0.167. The van der Waals surface area contributed by atoms with Crippen LogP contribution >= 0.6 is 0 Å². The Hall–Kier alpha value is -2.04. The van der Waals surface area contributed by atoms with Crippen LogP contribution < -0.4 is 5.69 Å². The van der Waals surface area contributed by atoms with Crippen molar-refractivity contribution in [2.75, 3.05) is 0 Å². The number of aromatic nitrogens is 2. The van der Waals surface area contributed by atoms with Gasteiger partial charge in [0.15, 0.2) is 0 Å².